The van der Waals surface area contributed by atoms with Crippen molar-refractivity contribution in [3.8, 4) is 0 Å². The van der Waals surface area contributed by atoms with Crippen LogP contribution in [-0.4, -0.2) is 41.7 Å². The van der Waals surface area contributed by atoms with Gasteiger partial charge < -0.3 is 14.7 Å². The molecule has 1 unspecified atom stereocenters. The second-order valence-corrected chi connectivity index (χ2v) is 5.03. The number of aliphatic hydroxyl groups is 1. The van der Waals surface area contributed by atoms with Crippen molar-refractivity contribution in [1.82, 2.24) is 4.90 Å². The maximum atomic E-state index is 12.4. The molecule has 0 aliphatic heterocycles. The van der Waals surface area contributed by atoms with E-state index in [0.717, 1.165) is 5.56 Å². The molecule has 1 aromatic carbocycles. The summed E-state index contributed by atoms with van der Waals surface area (Å²) < 4.78 is 5.04. The summed E-state index contributed by atoms with van der Waals surface area (Å²) in [6.07, 6.45) is -0.529. The summed E-state index contributed by atoms with van der Waals surface area (Å²) >= 11 is 0. The maximum absolute atomic E-state index is 12.4. The van der Waals surface area contributed by atoms with Crippen LogP contribution in [0.4, 0.5) is 0 Å². The molecule has 0 aliphatic carbocycles. The lowest BCUT2D eigenvalue weighted by molar-refractivity contribution is 0.0578. The first kappa shape index (κ1) is 15.7. The van der Waals surface area contributed by atoms with Gasteiger partial charge in [0.2, 0.25) is 0 Å². The van der Waals surface area contributed by atoms with Gasteiger partial charge in [0.05, 0.1) is 12.7 Å². The highest BCUT2D eigenvalue weighted by atomic mass is 16.5. The minimum absolute atomic E-state index is 0.0557. The number of rotatable bonds is 6. The molecule has 0 fully saturated rings. The van der Waals surface area contributed by atoms with E-state index in [9.17, 15) is 9.90 Å². The van der Waals surface area contributed by atoms with Gasteiger partial charge in [0.1, 0.15) is 0 Å². The molecule has 0 aliphatic rings. The van der Waals surface area contributed by atoms with Gasteiger partial charge in [0.15, 0.2) is 0 Å². The molecule has 1 N–H and O–H groups in total. The summed E-state index contributed by atoms with van der Waals surface area (Å²) in [5, 5.41) is 9.47. The van der Waals surface area contributed by atoms with Crippen molar-refractivity contribution in [2.75, 3.05) is 13.7 Å². The molecule has 1 atom stereocenters. The summed E-state index contributed by atoms with van der Waals surface area (Å²) in [7, 11) is 1.64. The van der Waals surface area contributed by atoms with Gasteiger partial charge in [-0.1, -0.05) is 12.1 Å². The van der Waals surface area contributed by atoms with E-state index in [1.54, 1.807) is 31.1 Å². The van der Waals surface area contributed by atoms with Crippen LogP contribution in [0.15, 0.2) is 24.3 Å². The Morgan fingerprint density at radius 2 is 1.84 bits per heavy atom. The fourth-order valence-corrected chi connectivity index (χ4v) is 1.89. The second-order valence-electron chi connectivity index (χ2n) is 5.03. The van der Waals surface area contributed by atoms with Crippen molar-refractivity contribution in [3.05, 3.63) is 35.4 Å². The van der Waals surface area contributed by atoms with Crippen LogP contribution in [-0.2, 0) is 11.3 Å². The fourth-order valence-electron chi connectivity index (χ4n) is 1.89. The molecule has 0 spiro atoms. The van der Waals surface area contributed by atoms with Gasteiger partial charge in [0, 0.05) is 25.3 Å². The Bertz CT molecular complexity index is 398. The van der Waals surface area contributed by atoms with Crippen LogP contribution in [0.25, 0.3) is 0 Å². The van der Waals surface area contributed by atoms with Gasteiger partial charge in [-0.3, -0.25) is 4.79 Å². The molecule has 4 nitrogen and oxygen atoms in total. The number of aliphatic hydroxyl groups excluding tert-OH is 1. The van der Waals surface area contributed by atoms with Crippen LogP contribution in [0, 0.1) is 0 Å². The Balaban J connectivity index is 2.84. The van der Waals surface area contributed by atoms with E-state index in [4.69, 9.17) is 4.74 Å². The van der Waals surface area contributed by atoms with E-state index in [0.29, 0.717) is 18.7 Å². The topological polar surface area (TPSA) is 49.8 Å². The third kappa shape index (κ3) is 4.65. The lowest BCUT2D eigenvalue weighted by Gasteiger charge is -2.28. The summed E-state index contributed by atoms with van der Waals surface area (Å²) in [5.41, 5.74) is 1.67. The molecule has 1 aromatic rings. The summed E-state index contributed by atoms with van der Waals surface area (Å²) in [6, 6.07) is 7.43. The first-order valence-corrected chi connectivity index (χ1v) is 6.52. The van der Waals surface area contributed by atoms with Crippen molar-refractivity contribution >= 4 is 5.91 Å². The van der Waals surface area contributed by atoms with E-state index in [1.807, 2.05) is 26.0 Å². The molecule has 1 rings (SSSR count). The SMILES string of the molecule is COCc1ccc(C(=O)N(CC(C)O)C(C)C)cc1. The lowest BCUT2D eigenvalue weighted by Crippen LogP contribution is -2.41. The number of nitrogens with zero attached hydrogens (tertiary/aromatic N) is 1. The third-order valence-electron chi connectivity index (χ3n) is 2.86. The molecule has 0 heterocycles. The zero-order valence-electron chi connectivity index (χ0n) is 12.1. The van der Waals surface area contributed by atoms with Gasteiger partial charge in [-0.15, -0.1) is 0 Å². The Morgan fingerprint density at radius 3 is 2.26 bits per heavy atom. The monoisotopic (exact) mass is 265 g/mol. The highest BCUT2D eigenvalue weighted by Gasteiger charge is 2.20. The van der Waals surface area contributed by atoms with Crippen molar-refractivity contribution in [1.29, 1.82) is 0 Å². The predicted octanol–water partition coefficient (Wildman–Crippen LogP) is 2.06. The second kappa shape index (κ2) is 7.26. The van der Waals surface area contributed by atoms with Crippen LogP contribution in [0.2, 0.25) is 0 Å². The number of carbonyl (C=O) groups is 1. The van der Waals surface area contributed by atoms with Crippen molar-refractivity contribution in [2.24, 2.45) is 0 Å². The Morgan fingerprint density at radius 1 is 1.26 bits per heavy atom. The van der Waals surface area contributed by atoms with Crippen LogP contribution in [0.5, 0.6) is 0 Å². The van der Waals surface area contributed by atoms with E-state index in [2.05, 4.69) is 0 Å². The molecule has 0 bridgehead atoms. The number of ether oxygens (including phenoxy) is 1. The molecular weight excluding hydrogens is 242 g/mol. The van der Waals surface area contributed by atoms with Crippen molar-refractivity contribution in [2.45, 2.75) is 39.5 Å². The molecule has 0 aromatic heterocycles. The normalized spacial score (nSPS) is 12.5. The molecular formula is C15H23NO3. The summed E-state index contributed by atoms with van der Waals surface area (Å²) in [5.74, 6) is -0.0557. The van der Waals surface area contributed by atoms with E-state index < -0.39 is 6.10 Å². The maximum Gasteiger partial charge on any atom is 0.254 e. The Kier molecular flexibility index (Phi) is 5.99. The molecule has 4 heteroatoms. The van der Waals surface area contributed by atoms with Crippen molar-refractivity contribution in [3.63, 3.8) is 0 Å². The highest BCUT2D eigenvalue weighted by molar-refractivity contribution is 5.94. The number of amides is 1. The average Bonchev–Trinajstić information content (AvgIpc) is 2.36. The molecule has 0 radical (unpaired) electrons. The standard InChI is InChI=1S/C15H23NO3/c1-11(2)16(9-12(3)17)15(18)14-7-5-13(6-8-14)10-19-4/h5-8,11-12,17H,9-10H2,1-4H3. The van der Waals surface area contributed by atoms with Gasteiger partial charge in [-0.05, 0) is 38.5 Å². The molecule has 0 saturated carbocycles. The average molecular weight is 265 g/mol. The number of benzene rings is 1. The van der Waals surface area contributed by atoms with Crippen LogP contribution < -0.4 is 0 Å². The van der Waals surface area contributed by atoms with Crippen LogP contribution >= 0.6 is 0 Å². The fraction of sp³-hybridized carbons (Fsp3) is 0.533. The number of carbonyl (C=O) groups excluding carboxylic acids is 1. The summed E-state index contributed by atoms with van der Waals surface area (Å²) in [6.45, 7) is 6.45. The van der Waals surface area contributed by atoms with Gasteiger partial charge >= 0.3 is 0 Å². The van der Waals surface area contributed by atoms with E-state index in [1.165, 1.54) is 0 Å². The first-order chi connectivity index (χ1) is 8.95. The van der Waals surface area contributed by atoms with E-state index in [-0.39, 0.29) is 11.9 Å². The highest BCUT2D eigenvalue weighted by Crippen LogP contribution is 2.11. The van der Waals surface area contributed by atoms with Gasteiger partial charge in [-0.25, -0.2) is 0 Å². The molecule has 106 valence electrons. The summed E-state index contributed by atoms with van der Waals surface area (Å²) in [4.78, 5) is 14.1. The van der Waals surface area contributed by atoms with Crippen LogP contribution in [0.3, 0.4) is 0 Å². The predicted molar refractivity (Wildman–Crippen MR) is 75.0 cm³/mol. The number of hydrogen-bond acceptors (Lipinski definition) is 3. The number of hydrogen-bond donors (Lipinski definition) is 1. The van der Waals surface area contributed by atoms with Gasteiger partial charge in [0.25, 0.3) is 5.91 Å². The third-order valence-corrected chi connectivity index (χ3v) is 2.86. The number of methoxy groups -OCH3 is 1. The smallest absolute Gasteiger partial charge is 0.254 e. The first-order valence-electron chi connectivity index (χ1n) is 6.52. The largest absolute Gasteiger partial charge is 0.392 e. The zero-order chi connectivity index (χ0) is 14.4. The minimum Gasteiger partial charge on any atom is -0.392 e. The quantitative estimate of drug-likeness (QED) is 0.856. The van der Waals surface area contributed by atoms with Gasteiger partial charge in [-0.2, -0.15) is 0 Å². The Hall–Kier alpha value is -1.39. The zero-order valence-corrected chi connectivity index (χ0v) is 12.1. The lowest BCUT2D eigenvalue weighted by atomic mass is 10.1. The van der Waals surface area contributed by atoms with Crippen molar-refractivity contribution < 1.29 is 14.6 Å². The molecule has 19 heavy (non-hydrogen) atoms. The molecule has 0 saturated heterocycles. The van der Waals surface area contributed by atoms with E-state index >= 15 is 0 Å². The minimum atomic E-state index is -0.529. The Labute approximate surface area is 115 Å². The molecule has 1 amide bonds. The van der Waals surface area contributed by atoms with Crippen LogP contribution in [0.1, 0.15) is 36.7 Å².